The van der Waals surface area contributed by atoms with E-state index in [1.165, 1.54) is 6.07 Å². The van der Waals surface area contributed by atoms with Gasteiger partial charge in [-0.1, -0.05) is 0 Å². The zero-order valence-electron chi connectivity index (χ0n) is 8.97. The topological polar surface area (TPSA) is 119 Å². The van der Waals surface area contributed by atoms with Crippen molar-refractivity contribution in [3.8, 4) is 6.07 Å². The third kappa shape index (κ3) is 2.38. The predicted molar refractivity (Wildman–Crippen MR) is 57.0 cm³/mol. The Morgan fingerprint density at radius 1 is 1.65 bits per heavy atom. The van der Waals surface area contributed by atoms with Crippen LogP contribution in [0.5, 0.6) is 0 Å². The smallest absolute Gasteiger partial charge is 0.338 e. The SMILES string of the molecule is COC(=O)c1cc(C#N)cc([N+](=O)[O-])c1CN. The molecule has 0 spiro atoms. The molecule has 0 saturated heterocycles. The van der Waals surface area contributed by atoms with Crippen LogP contribution in [0.1, 0.15) is 21.5 Å². The van der Waals surface area contributed by atoms with Crippen LogP contribution in [0.3, 0.4) is 0 Å². The maximum atomic E-state index is 11.4. The zero-order valence-corrected chi connectivity index (χ0v) is 8.97. The van der Waals surface area contributed by atoms with Crippen molar-refractivity contribution in [1.82, 2.24) is 0 Å². The van der Waals surface area contributed by atoms with Crippen LogP contribution in [0.25, 0.3) is 0 Å². The van der Waals surface area contributed by atoms with Crippen molar-refractivity contribution in [3.05, 3.63) is 38.9 Å². The van der Waals surface area contributed by atoms with Crippen LogP contribution in [0, 0.1) is 21.4 Å². The number of nitro benzene ring substituents is 1. The van der Waals surface area contributed by atoms with E-state index in [2.05, 4.69) is 4.74 Å². The molecule has 0 aromatic heterocycles. The molecular formula is C10H9N3O4. The minimum atomic E-state index is -0.759. The Kier molecular flexibility index (Phi) is 3.74. The second kappa shape index (κ2) is 5.05. The van der Waals surface area contributed by atoms with Crippen LogP contribution in [-0.2, 0) is 11.3 Å². The molecule has 1 aromatic rings. The van der Waals surface area contributed by atoms with Crippen molar-refractivity contribution in [3.63, 3.8) is 0 Å². The monoisotopic (exact) mass is 235 g/mol. The summed E-state index contributed by atoms with van der Waals surface area (Å²) in [5.74, 6) is -0.759. The zero-order chi connectivity index (χ0) is 13.0. The summed E-state index contributed by atoms with van der Waals surface area (Å²) in [6.07, 6.45) is 0. The molecule has 0 atom stereocenters. The lowest BCUT2D eigenvalue weighted by atomic mass is 10.0. The molecule has 0 amide bonds. The number of rotatable bonds is 3. The Morgan fingerprint density at radius 3 is 2.71 bits per heavy atom. The van der Waals surface area contributed by atoms with Crippen molar-refractivity contribution in [2.24, 2.45) is 5.73 Å². The Bertz CT molecular complexity index is 519. The summed E-state index contributed by atoms with van der Waals surface area (Å²) in [7, 11) is 1.15. The lowest BCUT2D eigenvalue weighted by Crippen LogP contribution is -2.12. The van der Waals surface area contributed by atoms with Crippen molar-refractivity contribution < 1.29 is 14.5 Å². The van der Waals surface area contributed by atoms with E-state index in [4.69, 9.17) is 11.0 Å². The molecule has 1 aromatic carbocycles. The van der Waals surface area contributed by atoms with Gasteiger partial charge in [-0.25, -0.2) is 4.79 Å². The summed E-state index contributed by atoms with van der Waals surface area (Å²) in [5.41, 5.74) is 5.03. The summed E-state index contributed by atoms with van der Waals surface area (Å²) < 4.78 is 4.49. The fourth-order valence-corrected chi connectivity index (χ4v) is 1.39. The number of methoxy groups -OCH3 is 1. The van der Waals surface area contributed by atoms with Gasteiger partial charge in [0.1, 0.15) is 0 Å². The standard InChI is InChI=1S/C10H9N3O4/c1-17-10(14)7-2-6(4-11)3-9(13(15)16)8(7)5-12/h2-3H,5,12H2,1H3. The molecule has 1 rings (SSSR count). The number of carbonyl (C=O) groups excluding carboxylic acids is 1. The maximum absolute atomic E-state index is 11.4. The lowest BCUT2D eigenvalue weighted by Gasteiger charge is -2.07. The van der Waals surface area contributed by atoms with Crippen molar-refractivity contribution in [2.75, 3.05) is 7.11 Å². The van der Waals surface area contributed by atoms with Crippen LogP contribution >= 0.6 is 0 Å². The number of hydrogen-bond donors (Lipinski definition) is 1. The van der Waals surface area contributed by atoms with Gasteiger partial charge in [-0.2, -0.15) is 5.26 Å². The molecular weight excluding hydrogens is 226 g/mol. The number of ether oxygens (including phenoxy) is 1. The number of nitriles is 1. The van der Waals surface area contributed by atoms with Gasteiger partial charge in [0.05, 0.1) is 34.8 Å². The molecule has 7 nitrogen and oxygen atoms in total. The quantitative estimate of drug-likeness (QED) is 0.468. The van der Waals surface area contributed by atoms with Gasteiger partial charge < -0.3 is 10.5 Å². The number of benzene rings is 1. The highest BCUT2D eigenvalue weighted by Crippen LogP contribution is 2.24. The fraction of sp³-hybridized carbons (Fsp3) is 0.200. The molecule has 88 valence electrons. The molecule has 0 unspecified atom stereocenters. The molecule has 0 aliphatic carbocycles. The molecule has 0 heterocycles. The molecule has 0 aliphatic rings. The Morgan fingerprint density at radius 2 is 2.29 bits per heavy atom. The summed E-state index contributed by atoms with van der Waals surface area (Å²) in [5, 5.41) is 19.5. The maximum Gasteiger partial charge on any atom is 0.338 e. The summed E-state index contributed by atoms with van der Waals surface area (Å²) in [6.45, 7) is -0.188. The van der Waals surface area contributed by atoms with Crippen LogP contribution in [-0.4, -0.2) is 18.0 Å². The number of nitrogens with zero attached hydrogens (tertiary/aromatic N) is 2. The summed E-state index contributed by atoms with van der Waals surface area (Å²) in [4.78, 5) is 21.5. The summed E-state index contributed by atoms with van der Waals surface area (Å²) >= 11 is 0. The van der Waals surface area contributed by atoms with Gasteiger partial charge in [-0.15, -0.1) is 0 Å². The molecule has 0 saturated carbocycles. The Labute approximate surface area is 96.6 Å². The third-order valence-corrected chi connectivity index (χ3v) is 2.16. The Hall–Kier alpha value is -2.46. The molecule has 7 heteroatoms. The van der Waals surface area contributed by atoms with Gasteiger partial charge >= 0.3 is 5.97 Å². The van der Waals surface area contributed by atoms with Crippen LogP contribution in [0.2, 0.25) is 0 Å². The van der Waals surface area contributed by atoms with Crippen molar-refractivity contribution >= 4 is 11.7 Å². The number of nitro groups is 1. The van der Waals surface area contributed by atoms with E-state index in [9.17, 15) is 14.9 Å². The van der Waals surface area contributed by atoms with E-state index in [0.717, 1.165) is 13.2 Å². The van der Waals surface area contributed by atoms with Gasteiger partial charge in [0.2, 0.25) is 0 Å². The molecule has 2 N–H and O–H groups in total. The van der Waals surface area contributed by atoms with E-state index < -0.39 is 10.9 Å². The molecule has 0 radical (unpaired) electrons. The van der Waals surface area contributed by atoms with Crippen LogP contribution < -0.4 is 5.73 Å². The largest absolute Gasteiger partial charge is 0.465 e. The minimum absolute atomic E-state index is 0.00861. The predicted octanol–water partition coefficient (Wildman–Crippen LogP) is 0.712. The van der Waals surface area contributed by atoms with E-state index in [1.807, 2.05) is 0 Å². The van der Waals surface area contributed by atoms with Gasteiger partial charge in [0.25, 0.3) is 5.69 Å². The first-order chi connectivity index (χ1) is 8.04. The first-order valence-electron chi connectivity index (χ1n) is 4.55. The average molecular weight is 235 g/mol. The number of esters is 1. The van der Waals surface area contributed by atoms with Gasteiger partial charge in [-0.05, 0) is 6.07 Å². The number of hydrogen-bond acceptors (Lipinski definition) is 6. The van der Waals surface area contributed by atoms with Gasteiger partial charge in [0.15, 0.2) is 0 Å². The minimum Gasteiger partial charge on any atom is -0.465 e. The number of nitrogens with two attached hydrogens (primary N) is 1. The average Bonchev–Trinajstić information content (AvgIpc) is 2.35. The molecule has 0 fully saturated rings. The van der Waals surface area contributed by atoms with Crippen LogP contribution in [0.15, 0.2) is 12.1 Å². The second-order valence-corrected chi connectivity index (χ2v) is 3.09. The van der Waals surface area contributed by atoms with Gasteiger partial charge in [0, 0.05) is 12.6 Å². The first kappa shape index (κ1) is 12.6. The van der Waals surface area contributed by atoms with Crippen molar-refractivity contribution in [2.45, 2.75) is 6.54 Å². The van der Waals surface area contributed by atoms with E-state index in [-0.39, 0.29) is 28.9 Å². The lowest BCUT2D eigenvalue weighted by molar-refractivity contribution is -0.385. The van der Waals surface area contributed by atoms with Crippen molar-refractivity contribution in [1.29, 1.82) is 5.26 Å². The third-order valence-electron chi connectivity index (χ3n) is 2.16. The molecule has 17 heavy (non-hydrogen) atoms. The first-order valence-corrected chi connectivity index (χ1v) is 4.55. The highest BCUT2D eigenvalue weighted by atomic mass is 16.6. The van der Waals surface area contributed by atoms with Gasteiger partial charge in [-0.3, -0.25) is 10.1 Å². The normalized spacial score (nSPS) is 9.47. The number of carbonyl (C=O) groups is 1. The van der Waals surface area contributed by atoms with E-state index in [0.29, 0.717) is 0 Å². The second-order valence-electron chi connectivity index (χ2n) is 3.09. The molecule has 0 aliphatic heterocycles. The highest BCUT2D eigenvalue weighted by Gasteiger charge is 2.22. The summed E-state index contributed by atoms with van der Waals surface area (Å²) in [6, 6.07) is 4.04. The van der Waals surface area contributed by atoms with E-state index >= 15 is 0 Å². The van der Waals surface area contributed by atoms with E-state index in [1.54, 1.807) is 6.07 Å². The fourth-order valence-electron chi connectivity index (χ4n) is 1.39. The molecule has 0 bridgehead atoms. The van der Waals surface area contributed by atoms with Crippen LogP contribution in [0.4, 0.5) is 5.69 Å². The highest BCUT2D eigenvalue weighted by molar-refractivity contribution is 5.92. The Balaban J connectivity index is 3.57.